The largest absolute Gasteiger partial charge is 0.453 e. The third-order valence-electron chi connectivity index (χ3n) is 12.0. The number of hydrogen-bond acceptors (Lipinski definition) is 11. The summed E-state index contributed by atoms with van der Waals surface area (Å²) in [4.78, 5) is 42.9. The molecule has 0 aromatic heterocycles. The summed E-state index contributed by atoms with van der Waals surface area (Å²) in [6, 6.07) is 46.0. The quantitative estimate of drug-likeness (QED) is 0.0504. The Balaban J connectivity index is 1.21. The molecule has 0 N–H and O–H groups in total. The van der Waals surface area contributed by atoms with Crippen molar-refractivity contribution in [3.8, 4) is 0 Å². The summed E-state index contributed by atoms with van der Waals surface area (Å²) in [5.74, 6) is -1.85. The lowest BCUT2D eigenvalue weighted by atomic mass is 9.83. The molecular formula is C52H57NO11. The molecule has 2 saturated heterocycles. The van der Waals surface area contributed by atoms with Gasteiger partial charge in [0.25, 0.3) is 0 Å². The van der Waals surface area contributed by atoms with Crippen molar-refractivity contribution in [2.45, 2.75) is 90.6 Å². The normalized spacial score (nSPS) is 25.4. The Labute approximate surface area is 375 Å². The standard InChI is InChI=1S/C52H57NO11/c1-35-36(2)46(62-48(54)42-26-16-8-17-27-42)51(60-38(35)4)64-45-37(3)44(33-57-31-40-22-12-6-13-23-40)61-50(47(45)63-49(55)43-28-18-9-19-29-43)59-34-53(30-39-20-10-5-11-21-39)52(56)58-32-41-24-14-7-15-25-41/h5-29,35-38,44-47,50-51H,30-34H2,1-4H3/t35-,36+,37-,38?,44?,45+,46?,47?,50-,51+/m1/s1. The molecule has 4 unspecified atom stereocenters. The first kappa shape index (κ1) is 46.1. The van der Waals surface area contributed by atoms with E-state index in [1.807, 2.05) is 125 Å². The van der Waals surface area contributed by atoms with E-state index in [0.717, 1.165) is 16.7 Å². The first-order valence-electron chi connectivity index (χ1n) is 21.9. The molecule has 336 valence electrons. The number of ether oxygens (including phenoxy) is 8. The van der Waals surface area contributed by atoms with Gasteiger partial charge >= 0.3 is 18.0 Å². The number of esters is 2. The minimum absolute atomic E-state index is 0.000275. The second-order valence-electron chi connectivity index (χ2n) is 16.4. The van der Waals surface area contributed by atoms with Gasteiger partial charge in [-0.2, -0.15) is 0 Å². The molecule has 12 nitrogen and oxygen atoms in total. The fourth-order valence-electron chi connectivity index (χ4n) is 7.84. The second-order valence-corrected chi connectivity index (χ2v) is 16.4. The highest BCUT2D eigenvalue weighted by atomic mass is 16.7. The average molecular weight is 872 g/mol. The molecule has 12 heteroatoms. The van der Waals surface area contributed by atoms with Crippen molar-refractivity contribution in [2.24, 2.45) is 17.8 Å². The lowest BCUT2D eigenvalue weighted by Gasteiger charge is -2.48. The fraction of sp³-hybridized carbons (Fsp3) is 0.365. The van der Waals surface area contributed by atoms with Gasteiger partial charge in [-0.1, -0.05) is 148 Å². The number of carbonyl (C=O) groups is 3. The van der Waals surface area contributed by atoms with Gasteiger partial charge in [0.15, 0.2) is 24.8 Å². The molecule has 0 radical (unpaired) electrons. The van der Waals surface area contributed by atoms with Gasteiger partial charge in [0.05, 0.1) is 43.1 Å². The van der Waals surface area contributed by atoms with Crippen molar-refractivity contribution in [2.75, 3.05) is 13.3 Å². The van der Waals surface area contributed by atoms with Crippen LogP contribution in [0.15, 0.2) is 152 Å². The van der Waals surface area contributed by atoms with Gasteiger partial charge in [0.2, 0.25) is 0 Å². The Morgan fingerprint density at radius 3 is 1.59 bits per heavy atom. The maximum absolute atomic E-state index is 14.0. The van der Waals surface area contributed by atoms with Gasteiger partial charge in [-0.05, 0) is 53.8 Å². The fourth-order valence-corrected chi connectivity index (χ4v) is 7.84. The molecule has 2 heterocycles. The summed E-state index contributed by atoms with van der Waals surface area (Å²) in [6.45, 7) is 8.24. The molecule has 2 fully saturated rings. The molecule has 10 atom stereocenters. The van der Waals surface area contributed by atoms with Crippen LogP contribution in [0.5, 0.6) is 0 Å². The van der Waals surface area contributed by atoms with Gasteiger partial charge in [0, 0.05) is 11.8 Å². The summed E-state index contributed by atoms with van der Waals surface area (Å²) in [5.41, 5.74) is 3.33. The van der Waals surface area contributed by atoms with E-state index < -0.39 is 60.9 Å². The number of rotatable bonds is 17. The zero-order chi connectivity index (χ0) is 44.8. The Hall–Kier alpha value is -5.89. The molecule has 2 aliphatic heterocycles. The zero-order valence-corrected chi connectivity index (χ0v) is 36.7. The van der Waals surface area contributed by atoms with E-state index in [0.29, 0.717) is 17.7 Å². The van der Waals surface area contributed by atoms with Crippen LogP contribution in [-0.2, 0) is 57.7 Å². The highest BCUT2D eigenvalue weighted by molar-refractivity contribution is 5.90. The van der Waals surface area contributed by atoms with Gasteiger partial charge in [-0.3, -0.25) is 4.90 Å². The lowest BCUT2D eigenvalue weighted by Crippen LogP contribution is -2.61. The van der Waals surface area contributed by atoms with Crippen LogP contribution in [0.1, 0.15) is 65.1 Å². The third kappa shape index (κ3) is 12.2. The minimum atomic E-state index is -1.29. The number of amides is 1. The molecule has 1 amide bonds. The van der Waals surface area contributed by atoms with E-state index in [-0.39, 0.29) is 44.4 Å². The Bertz CT molecular complexity index is 2200. The van der Waals surface area contributed by atoms with E-state index in [9.17, 15) is 14.4 Å². The topological polar surface area (TPSA) is 128 Å². The first-order valence-corrected chi connectivity index (χ1v) is 21.9. The van der Waals surface area contributed by atoms with Crippen molar-refractivity contribution in [3.05, 3.63) is 179 Å². The molecule has 0 spiro atoms. The molecule has 2 aliphatic rings. The van der Waals surface area contributed by atoms with Gasteiger partial charge in [-0.25, -0.2) is 14.4 Å². The molecule has 0 aliphatic carbocycles. The maximum atomic E-state index is 14.0. The van der Waals surface area contributed by atoms with Crippen LogP contribution in [0.25, 0.3) is 0 Å². The van der Waals surface area contributed by atoms with Crippen LogP contribution < -0.4 is 0 Å². The van der Waals surface area contributed by atoms with Crippen LogP contribution in [0, 0.1) is 17.8 Å². The SMILES string of the molecule is CC1O[C@@H](O[C@@H]2C(OC(=O)c3ccccc3)[C@H](OCN(Cc3ccccc3)C(=O)OCc3ccccc3)OC(COCc3ccccc3)[C@H]2C)C(OC(=O)c2ccccc2)[C@@H](C)[C@H]1C. The number of hydrogen-bond donors (Lipinski definition) is 0. The molecule has 0 saturated carbocycles. The van der Waals surface area contributed by atoms with E-state index in [2.05, 4.69) is 0 Å². The van der Waals surface area contributed by atoms with Crippen LogP contribution in [0.3, 0.4) is 0 Å². The van der Waals surface area contributed by atoms with Crippen molar-refractivity contribution in [1.82, 2.24) is 4.90 Å². The monoisotopic (exact) mass is 871 g/mol. The molecular weight excluding hydrogens is 815 g/mol. The maximum Gasteiger partial charge on any atom is 0.412 e. The van der Waals surface area contributed by atoms with E-state index >= 15 is 0 Å². The van der Waals surface area contributed by atoms with Crippen molar-refractivity contribution < 1.29 is 52.3 Å². The van der Waals surface area contributed by atoms with Crippen LogP contribution >= 0.6 is 0 Å². The molecule has 5 aromatic carbocycles. The van der Waals surface area contributed by atoms with Gasteiger partial charge in [-0.15, -0.1) is 0 Å². The van der Waals surface area contributed by atoms with Crippen LogP contribution in [-0.4, -0.2) is 79.4 Å². The van der Waals surface area contributed by atoms with Crippen LogP contribution in [0.2, 0.25) is 0 Å². The predicted molar refractivity (Wildman–Crippen MR) is 237 cm³/mol. The average Bonchev–Trinajstić information content (AvgIpc) is 3.33. The summed E-state index contributed by atoms with van der Waals surface area (Å²) in [7, 11) is 0. The molecule has 7 rings (SSSR count). The summed E-state index contributed by atoms with van der Waals surface area (Å²) in [6.07, 6.45) is -6.95. The second kappa shape index (κ2) is 22.6. The Morgan fingerprint density at radius 1 is 0.531 bits per heavy atom. The van der Waals surface area contributed by atoms with E-state index in [1.54, 1.807) is 54.6 Å². The van der Waals surface area contributed by atoms with E-state index in [1.165, 1.54) is 4.90 Å². The Kier molecular flexibility index (Phi) is 16.3. The number of nitrogens with zero attached hydrogens (tertiary/aromatic N) is 1. The minimum Gasteiger partial charge on any atom is -0.453 e. The Morgan fingerprint density at radius 2 is 1.03 bits per heavy atom. The third-order valence-corrected chi connectivity index (χ3v) is 12.0. The van der Waals surface area contributed by atoms with Crippen molar-refractivity contribution in [1.29, 1.82) is 0 Å². The predicted octanol–water partition coefficient (Wildman–Crippen LogP) is 9.23. The van der Waals surface area contributed by atoms with E-state index in [4.69, 9.17) is 37.9 Å². The van der Waals surface area contributed by atoms with Crippen molar-refractivity contribution in [3.63, 3.8) is 0 Å². The molecule has 5 aromatic rings. The van der Waals surface area contributed by atoms with Crippen LogP contribution in [0.4, 0.5) is 4.79 Å². The summed E-state index contributed by atoms with van der Waals surface area (Å²) in [5, 5.41) is 0. The van der Waals surface area contributed by atoms with Gasteiger partial charge in [0.1, 0.15) is 19.4 Å². The van der Waals surface area contributed by atoms with Crippen molar-refractivity contribution >= 4 is 18.0 Å². The highest BCUT2D eigenvalue weighted by Gasteiger charge is 2.52. The first-order chi connectivity index (χ1) is 31.1. The number of benzene rings is 5. The van der Waals surface area contributed by atoms with Gasteiger partial charge < -0.3 is 37.9 Å². The molecule has 64 heavy (non-hydrogen) atoms. The number of carbonyl (C=O) groups excluding carboxylic acids is 3. The molecule has 0 bridgehead atoms. The zero-order valence-electron chi connectivity index (χ0n) is 36.7. The lowest BCUT2D eigenvalue weighted by molar-refractivity contribution is -0.343. The summed E-state index contributed by atoms with van der Waals surface area (Å²) < 4.78 is 51.5. The smallest absolute Gasteiger partial charge is 0.412 e. The highest BCUT2D eigenvalue weighted by Crippen LogP contribution is 2.38. The summed E-state index contributed by atoms with van der Waals surface area (Å²) >= 11 is 0.